The van der Waals surface area contributed by atoms with E-state index in [-0.39, 0.29) is 6.04 Å². The minimum absolute atomic E-state index is 0.00343. The van der Waals surface area contributed by atoms with E-state index in [0.717, 1.165) is 18.6 Å². The lowest BCUT2D eigenvalue weighted by atomic mass is 9.99. The Kier molecular flexibility index (Phi) is 2.32. The first-order valence-electron chi connectivity index (χ1n) is 4.49. The van der Waals surface area contributed by atoms with Gasteiger partial charge in [0.05, 0.1) is 18.9 Å². The number of benzene rings is 1. The number of hydrogen-bond acceptors (Lipinski definition) is 2. The standard InChI is InChI=1S/C11H13NO/c12-11(10-6-7-13-8-10)9-4-2-1-3-5-9/h1-5,8,11H,6-7,12H2. The molecule has 1 aromatic rings. The van der Waals surface area contributed by atoms with Gasteiger partial charge in [-0.15, -0.1) is 0 Å². The summed E-state index contributed by atoms with van der Waals surface area (Å²) in [4.78, 5) is 0. The summed E-state index contributed by atoms with van der Waals surface area (Å²) >= 11 is 0. The van der Waals surface area contributed by atoms with Crippen LogP contribution in [-0.4, -0.2) is 6.61 Å². The molecule has 2 N–H and O–H groups in total. The van der Waals surface area contributed by atoms with E-state index in [2.05, 4.69) is 0 Å². The molecule has 2 nitrogen and oxygen atoms in total. The van der Waals surface area contributed by atoms with Gasteiger partial charge in [0.15, 0.2) is 0 Å². The highest BCUT2D eigenvalue weighted by Gasteiger charge is 2.15. The van der Waals surface area contributed by atoms with Crippen molar-refractivity contribution in [3.63, 3.8) is 0 Å². The number of rotatable bonds is 2. The van der Waals surface area contributed by atoms with Crippen molar-refractivity contribution in [3.8, 4) is 0 Å². The summed E-state index contributed by atoms with van der Waals surface area (Å²) in [6, 6.07) is 10.1. The summed E-state index contributed by atoms with van der Waals surface area (Å²) in [5, 5.41) is 0. The van der Waals surface area contributed by atoms with Crippen LogP contribution >= 0.6 is 0 Å². The number of ether oxygens (including phenoxy) is 1. The molecule has 1 atom stereocenters. The van der Waals surface area contributed by atoms with Gasteiger partial charge in [0.2, 0.25) is 0 Å². The largest absolute Gasteiger partial charge is 0.501 e. The molecular formula is C11H13NO. The normalized spacial score (nSPS) is 17.8. The fraction of sp³-hybridized carbons (Fsp3) is 0.273. The van der Waals surface area contributed by atoms with Crippen LogP contribution in [0.2, 0.25) is 0 Å². The maximum absolute atomic E-state index is 6.05. The van der Waals surface area contributed by atoms with Crippen LogP contribution in [0.5, 0.6) is 0 Å². The quantitative estimate of drug-likeness (QED) is 0.746. The molecular weight excluding hydrogens is 162 g/mol. The summed E-state index contributed by atoms with van der Waals surface area (Å²) < 4.78 is 5.16. The second kappa shape index (κ2) is 3.62. The van der Waals surface area contributed by atoms with Crippen molar-refractivity contribution < 1.29 is 4.74 Å². The summed E-state index contributed by atoms with van der Waals surface area (Å²) in [7, 11) is 0. The summed E-state index contributed by atoms with van der Waals surface area (Å²) in [6.45, 7) is 0.774. The van der Waals surface area contributed by atoms with Gasteiger partial charge in [-0.25, -0.2) is 0 Å². The summed E-state index contributed by atoms with van der Waals surface area (Å²) in [6.07, 6.45) is 2.74. The lowest BCUT2D eigenvalue weighted by Crippen LogP contribution is -2.12. The lowest BCUT2D eigenvalue weighted by molar-refractivity contribution is 0.281. The number of hydrogen-bond donors (Lipinski definition) is 1. The van der Waals surface area contributed by atoms with Crippen LogP contribution in [0.15, 0.2) is 42.2 Å². The van der Waals surface area contributed by atoms with E-state index in [1.807, 2.05) is 30.3 Å². The van der Waals surface area contributed by atoms with Gasteiger partial charge in [-0.05, 0) is 11.1 Å². The molecule has 0 amide bonds. The van der Waals surface area contributed by atoms with E-state index in [0.29, 0.717) is 0 Å². The molecule has 13 heavy (non-hydrogen) atoms. The number of nitrogens with two attached hydrogens (primary N) is 1. The van der Waals surface area contributed by atoms with Crippen LogP contribution < -0.4 is 5.73 Å². The molecule has 0 bridgehead atoms. The Morgan fingerprint density at radius 2 is 2.00 bits per heavy atom. The maximum atomic E-state index is 6.05. The van der Waals surface area contributed by atoms with Gasteiger partial charge in [0.1, 0.15) is 0 Å². The van der Waals surface area contributed by atoms with Gasteiger partial charge in [-0.1, -0.05) is 30.3 Å². The van der Waals surface area contributed by atoms with Gasteiger partial charge in [-0.2, -0.15) is 0 Å². The SMILES string of the molecule is NC(C1=COCC1)c1ccccc1. The van der Waals surface area contributed by atoms with Crippen molar-refractivity contribution in [1.29, 1.82) is 0 Å². The highest BCUT2D eigenvalue weighted by molar-refractivity contribution is 5.27. The molecule has 0 radical (unpaired) electrons. The van der Waals surface area contributed by atoms with Gasteiger partial charge in [-0.3, -0.25) is 0 Å². The zero-order valence-corrected chi connectivity index (χ0v) is 7.44. The molecule has 0 fully saturated rings. The first-order valence-corrected chi connectivity index (χ1v) is 4.49. The molecule has 1 aromatic carbocycles. The summed E-state index contributed by atoms with van der Waals surface area (Å²) in [5.74, 6) is 0. The lowest BCUT2D eigenvalue weighted by Gasteiger charge is -2.11. The van der Waals surface area contributed by atoms with Crippen molar-refractivity contribution in [1.82, 2.24) is 0 Å². The third-order valence-electron chi connectivity index (χ3n) is 2.30. The Bertz CT molecular complexity index is 305. The first kappa shape index (κ1) is 8.32. The van der Waals surface area contributed by atoms with E-state index in [9.17, 15) is 0 Å². The Morgan fingerprint density at radius 1 is 1.23 bits per heavy atom. The second-order valence-corrected chi connectivity index (χ2v) is 3.20. The molecule has 0 saturated carbocycles. The van der Waals surface area contributed by atoms with Crippen LogP contribution in [0.25, 0.3) is 0 Å². The predicted molar refractivity (Wildman–Crippen MR) is 52.0 cm³/mol. The first-order chi connectivity index (χ1) is 6.38. The van der Waals surface area contributed by atoms with Crippen LogP contribution in [0.3, 0.4) is 0 Å². The van der Waals surface area contributed by atoms with E-state index >= 15 is 0 Å². The minimum atomic E-state index is 0.00343. The van der Waals surface area contributed by atoms with Crippen molar-refractivity contribution in [2.24, 2.45) is 5.73 Å². The molecule has 0 aromatic heterocycles. The van der Waals surface area contributed by atoms with Crippen LogP contribution in [0, 0.1) is 0 Å². The molecule has 0 spiro atoms. The van der Waals surface area contributed by atoms with Crippen LogP contribution in [0.4, 0.5) is 0 Å². The Balaban J connectivity index is 2.17. The predicted octanol–water partition coefficient (Wildman–Crippen LogP) is 1.99. The second-order valence-electron chi connectivity index (χ2n) is 3.20. The Morgan fingerprint density at radius 3 is 2.62 bits per heavy atom. The highest BCUT2D eigenvalue weighted by atomic mass is 16.5. The van der Waals surface area contributed by atoms with Crippen molar-refractivity contribution >= 4 is 0 Å². The highest BCUT2D eigenvalue weighted by Crippen LogP contribution is 2.24. The van der Waals surface area contributed by atoms with Gasteiger partial charge >= 0.3 is 0 Å². The topological polar surface area (TPSA) is 35.2 Å². The fourth-order valence-electron chi connectivity index (χ4n) is 1.50. The van der Waals surface area contributed by atoms with Crippen molar-refractivity contribution in [2.75, 3.05) is 6.61 Å². The van der Waals surface area contributed by atoms with Gasteiger partial charge < -0.3 is 10.5 Å². The zero-order valence-electron chi connectivity index (χ0n) is 7.44. The van der Waals surface area contributed by atoms with E-state index in [4.69, 9.17) is 10.5 Å². The average Bonchev–Trinajstić information content (AvgIpc) is 2.71. The molecule has 1 aliphatic rings. The molecule has 68 valence electrons. The molecule has 1 unspecified atom stereocenters. The van der Waals surface area contributed by atoms with E-state index < -0.39 is 0 Å². The smallest absolute Gasteiger partial charge is 0.0912 e. The Labute approximate surface area is 78.0 Å². The third kappa shape index (κ3) is 1.73. The average molecular weight is 175 g/mol. The zero-order chi connectivity index (χ0) is 9.10. The van der Waals surface area contributed by atoms with Crippen LogP contribution in [0.1, 0.15) is 18.0 Å². The third-order valence-corrected chi connectivity index (χ3v) is 2.30. The maximum Gasteiger partial charge on any atom is 0.0912 e. The van der Waals surface area contributed by atoms with Gasteiger partial charge in [0.25, 0.3) is 0 Å². The van der Waals surface area contributed by atoms with E-state index in [1.54, 1.807) is 6.26 Å². The Hall–Kier alpha value is -1.28. The van der Waals surface area contributed by atoms with Crippen molar-refractivity contribution in [3.05, 3.63) is 47.7 Å². The molecule has 1 heterocycles. The molecule has 0 aliphatic carbocycles. The van der Waals surface area contributed by atoms with Crippen LogP contribution in [-0.2, 0) is 4.74 Å². The molecule has 2 heteroatoms. The summed E-state index contributed by atoms with van der Waals surface area (Å²) in [5.41, 5.74) is 8.39. The van der Waals surface area contributed by atoms with Gasteiger partial charge in [0, 0.05) is 6.42 Å². The molecule has 0 saturated heterocycles. The fourth-order valence-corrected chi connectivity index (χ4v) is 1.50. The van der Waals surface area contributed by atoms with E-state index in [1.165, 1.54) is 5.57 Å². The molecule has 1 aliphatic heterocycles. The molecule has 2 rings (SSSR count). The minimum Gasteiger partial charge on any atom is -0.501 e. The monoisotopic (exact) mass is 175 g/mol. The van der Waals surface area contributed by atoms with Crippen molar-refractivity contribution in [2.45, 2.75) is 12.5 Å².